The summed E-state index contributed by atoms with van der Waals surface area (Å²) in [5.41, 5.74) is 5.83. The van der Waals surface area contributed by atoms with Gasteiger partial charge in [-0.3, -0.25) is 9.59 Å². The van der Waals surface area contributed by atoms with Crippen molar-refractivity contribution in [2.75, 3.05) is 5.32 Å². The Morgan fingerprint density at radius 3 is 2.53 bits per heavy atom. The predicted octanol–water partition coefficient (Wildman–Crippen LogP) is 4.71. The normalized spacial score (nSPS) is 13.0. The van der Waals surface area contributed by atoms with Crippen molar-refractivity contribution >= 4 is 28.0 Å². The van der Waals surface area contributed by atoms with E-state index < -0.39 is 0 Å². The smallest absolute Gasteiger partial charge is 0.290 e. The van der Waals surface area contributed by atoms with Gasteiger partial charge in [0.25, 0.3) is 5.91 Å². The van der Waals surface area contributed by atoms with E-state index in [-0.39, 0.29) is 18.2 Å². The maximum absolute atomic E-state index is 13.4. The van der Waals surface area contributed by atoms with Gasteiger partial charge < -0.3 is 5.32 Å². The molecule has 1 aromatic carbocycles. The van der Waals surface area contributed by atoms with Gasteiger partial charge in [-0.25, -0.2) is 0 Å². The zero-order chi connectivity index (χ0) is 21.3. The summed E-state index contributed by atoms with van der Waals surface area (Å²) >= 11 is 1.57. The molecule has 3 aromatic rings. The molecule has 0 radical (unpaired) electrons. The fourth-order valence-corrected chi connectivity index (χ4v) is 5.29. The number of nitrogens with zero attached hydrogens (tertiary/aromatic N) is 1. The fraction of sp³-hybridized carbons (Fsp3) is 0.320. The number of hydrogen-bond donors (Lipinski definition) is 1. The molecule has 4 rings (SSSR count). The van der Waals surface area contributed by atoms with E-state index in [1.807, 2.05) is 67.9 Å². The number of aromatic nitrogens is 1. The van der Waals surface area contributed by atoms with Crippen molar-refractivity contribution in [3.8, 4) is 0 Å². The second-order valence-electron chi connectivity index (χ2n) is 8.06. The Morgan fingerprint density at radius 1 is 1.03 bits per heavy atom. The Balaban J connectivity index is 1.65. The van der Waals surface area contributed by atoms with E-state index in [4.69, 9.17) is 0 Å². The van der Waals surface area contributed by atoms with Crippen molar-refractivity contribution < 1.29 is 14.2 Å². The Labute approximate surface area is 181 Å². The first kappa shape index (κ1) is 20.5. The first-order chi connectivity index (χ1) is 14.4. The largest absolute Gasteiger partial charge is 0.312 e. The Morgan fingerprint density at radius 2 is 1.77 bits per heavy atom. The van der Waals surface area contributed by atoms with Crippen molar-refractivity contribution in [3.05, 3.63) is 81.0 Å². The molecule has 1 aliphatic rings. The average molecular weight is 420 g/mol. The van der Waals surface area contributed by atoms with E-state index in [0.717, 1.165) is 48.1 Å². The van der Waals surface area contributed by atoms with Crippen molar-refractivity contribution in [3.63, 3.8) is 0 Å². The number of fused-ring (bicyclic) bond motifs is 1. The molecule has 0 saturated carbocycles. The number of rotatable bonds is 5. The quantitative estimate of drug-likeness (QED) is 0.481. The van der Waals surface area contributed by atoms with E-state index in [1.165, 1.54) is 4.88 Å². The SMILES string of the molecule is Cc1ccc(C(=O)c2c(NC(=O)C[n+]3cccc(C)c3C)sc3c2CCCC3)cc1. The average Bonchev–Trinajstić information content (AvgIpc) is 3.09. The number of ketones is 1. The second kappa shape index (κ2) is 8.52. The van der Waals surface area contributed by atoms with Gasteiger partial charge in [-0.05, 0) is 51.2 Å². The number of carbonyl (C=O) groups excluding carboxylic acids is 2. The summed E-state index contributed by atoms with van der Waals surface area (Å²) in [6.07, 6.45) is 6.02. The molecule has 2 heterocycles. The summed E-state index contributed by atoms with van der Waals surface area (Å²) in [5.74, 6) is -0.102. The Hall–Kier alpha value is -2.79. The molecule has 0 fully saturated rings. The maximum atomic E-state index is 13.4. The minimum atomic E-state index is -0.106. The van der Waals surface area contributed by atoms with E-state index in [0.29, 0.717) is 16.1 Å². The minimum absolute atomic E-state index is 0.00379. The molecule has 1 N–H and O–H groups in total. The number of pyridine rings is 1. The summed E-state index contributed by atoms with van der Waals surface area (Å²) in [5, 5.41) is 3.76. The van der Waals surface area contributed by atoms with E-state index in [1.54, 1.807) is 11.3 Å². The molecule has 154 valence electrons. The van der Waals surface area contributed by atoms with E-state index in [2.05, 4.69) is 5.32 Å². The lowest BCUT2D eigenvalue weighted by atomic mass is 9.91. The number of amides is 1. The van der Waals surface area contributed by atoms with Gasteiger partial charge >= 0.3 is 0 Å². The molecule has 0 saturated heterocycles. The van der Waals surface area contributed by atoms with Gasteiger partial charge in [-0.2, -0.15) is 4.57 Å². The molecule has 0 unspecified atom stereocenters. The third-order valence-corrected chi connectivity index (χ3v) is 7.10. The third-order valence-electron chi connectivity index (χ3n) is 5.89. The van der Waals surface area contributed by atoms with Crippen molar-refractivity contribution in [2.24, 2.45) is 0 Å². The standard InChI is InChI=1S/C25H26N2O2S/c1-16-10-12-19(13-11-16)24(29)23-20-8-4-5-9-21(20)30-25(23)26-22(28)15-27-14-6-7-17(2)18(27)3/h6-7,10-14H,4-5,8-9,15H2,1-3H3/p+1. The number of thiophene rings is 1. The highest BCUT2D eigenvalue weighted by Crippen LogP contribution is 2.39. The lowest BCUT2D eigenvalue weighted by Crippen LogP contribution is -2.43. The monoisotopic (exact) mass is 419 g/mol. The Kier molecular flexibility index (Phi) is 5.82. The van der Waals surface area contributed by atoms with Gasteiger partial charge in [-0.15, -0.1) is 11.3 Å². The summed E-state index contributed by atoms with van der Waals surface area (Å²) < 4.78 is 1.94. The lowest BCUT2D eigenvalue weighted by Gasteiger charge is -2.12. The lowest BCUT2D eigenvalue weighted by molar-refractivity contribution is -0.690. The number of aryl methyl sites for hydroxylation is 3. The number of benzene rings is 1. The number of hydrogen-bond acceptors (Lipinski definition) is 3. The highest BCUT2D eigenvalue weighted by molar-refractivity contribution is 7.17. The predicted molar refractivity (Wildman–Crippen MR) is 120 cm³/mol. The van der Waals surface area contributed by atoms with Gasteiger partial charge in [0.05, 0.1) is 5.56 Å². The molecule has 0 bridgehead atoms. The molecular formula is C25H27N2O2S+. The van der Waals surface area contributed by atoms with E-state index in [9.17, 15) is 9.59 Å². The molecule has 4 nitrogen and oxygen atoms in total. The van der Waals surface area contributed by atoms with Crippen LogP contribution in [-0.2, 0) is 24.2 Å². The van der Waals surface area contributed by atoms with Crippen LogP contribution in [-0.4, -0.2) is 11.7 Å². The Bertz CT molecular complexity index is 1110. The van der Waals surface area contributed by atoms with Crippen LogP contribution in [0.3, 0.4) is 0 Å². The fourth-order valence-electron chi connectivity index (χ4n) is 3.99. The van der Waals surface area contributed by atoms with Crippen LogP contribution in [0.4, 0.5) is 5.00 Å². The van der Waals surface area contributed by atoms with Crippen LogP contribution in [0, 0.1) is 20.8 Å². The van der Waals surface area contributed by atoms with Crippen LogP contribution in [0.5, 0.6) is 0 Å². The highest BCUT2D eigenvalue weighted by atomic mass is 32.1. The summed E-state index contributed by atoms with van der Waals surface area (Å²) in [4.78, 5) is 27.5. The number of carbonyl (C=O) groups is 2. The first-order valence-corrected chi connectivity index (χ1v) is 11.3. The van der Waals surface area contributed by atoms with Crippen molar-refractivity contribution in [1.29, 1.82) is 0 Å². The molecule has 1 amide bonds. The molecule has 0 spiro atoms. The van der Waals surface area contributed by atoms with Gasteiger partial charge in [0, 0.05) is 29.0 Å². The molecule has 2 aromatic heterocycles. The molecular weight excluding hydrogens is 392 g/mol. The van der Waals surface area contributed by atoms with Crippen LogP contribution >= 0.6 is 11.3 Å². The summed E-state index contributed by atoms with van der Waals surface area (Å²) in [6, 6.07) is 11.7. The van der Waals surface area contributed by atoms with Gasteiger partial charge in [0.15, 0.2) is 17.7 Å². The molecule has 5 heteroatoms. The molecule has 0 atom stereocenters. The number of nitrogens with one attached hydrogen (secondary N) is 1. The number of anilines is 1. The maximum Gasteiger partial charge on any atom is 0.290 e. The van der Waals surface area contributed by atoms with Crippen molar-refractivity contribution in [2.45, 2.75) is 53.0 Å². The van der Waals surface area contributed by atoms with Crippen LogP contribution in [0.2, 0.25) is 0 Å². The molecule has 1 aliphatic carbocycles. The zero-order valence-corrected chi connectivity index (χ0v) is 18.6. The zero-order valence-electron chi connectivity index (χ0n) is 17.7. The van der Waals surface area contributed by atoms with Crippen LogP contribution in [0.15, 0.2) is 42.6 Å². The summed E-state index contributed by atoms with van der Waals surface area (Å²) in [6.45, 7) is 6.29. The third kappa shape index (κ3) is 4.08. The van der Waals surface area contributed by atoms with Crippen LogP contribution < -0.4 is 9.88 Å². The topological polar surface area (TPSA) is 50.1 Å². The van der Waals surface area contributed by atoms with Crippen LogP contribution in [0.1, 0.15) is 56.0 Å². The molecule has 0 aliphatic heterocycles. The van der Waals surface area contributed by atoms with Gasteiger partial charge in [0.1, 0.15) is 5.00 Å². The molecule has 30 heavy (non-hydrogen) atoms. The second-order valence-corrected chi connectivity index (χ2v) is 9.17. The van der Waals surface area contributed by atoms with Gasteiger partial charge in [0.2, 0.25) is 6.54 Å². The minimum Gasteiger partial charge on any atom is -0.312 e. The highest BCUT2D eigenvalue weighted by Gasteiger charge is 2.27. The van der Waals surface area contributed by atoms with Gasteiger partial charge in [-0.1, -0.05) is 29.8 Å². The van der Waals surface area contributed by atoms with Crippen LogP contribution in [0.25, 0.3) is 0 Å². The van der Waals surface area contributed by atoms with E-state index >= 15 is 0 Å². The summed E-state index contributed by atoms with van der Waals surface area (Å²) in [7, 11) is 0. The van der Waals surface area contributed by atoms with Crippen molar-refractivity contribution in [1.82, 2.24) is 0 Å². The first-order valence-electron chi connectivity index (χ1n) is 10.5.